The normalized spacial score (nSPS) is 49.3. The van der Waals surface area contributed by atoms with Crippen molar-refractivity contribution in [1.29, 1.82) is 0 Å². The van der Waals surface area contributed by atoms with Gasteiger partial charge in [-0.2, -0.15) is 0 Å². The van der Waals surface area contributed by atoms with Crippen LogP contribution in [0.4, 0.5) is 0 Å². The Morgan fingerprint density at radius 1 is 1.06 bits per heavy atom. The molecule has 0 saturated heterocycles. The van der Waals surface area contributed by atoms with E-state index in [2.05, 4.69) is 19.3 Å². The molecule has 0 amide bonds. The standard InChI is InChI=1S/C14H25NO/c1-9(15-2)13(16)14-6-10-3-11(7-14)5-12(4-10)8-14/h9-13,15-16H,3-8H2,1-2H3/p+1/t9-,10?,11?,12?,13+,14?/m0/s1. The van der Waals surface area contributed by atoms with Crippen molar-refractivity contribution < 1.29 is 10.4 Å². The van der Waals surface area contributed by atoms with Gasteiger partial charge in [0.15, 0.2) is 0 Å². The van der Waals surface area contributed by atoms with Gasteiger partial charge in [0.25, 0.3) is 0 Å². The number of rotatable bonds is 3. The van der Waals surface area contributed by atoms with Crippen molar-refractivity contribution in [1.82, 2.24) is 0 Å². The van der Waals surface area contributed by atoms with E-state index in [1.807, 2.05) is 0 Å². The summed E-state index contributed by atoms with van der Waals surface area (Å²) in [5, 5.41) is 12.8. The van der Waals surface area contributed by atoms with E-state index in [1.165, 1.54) is 38.5 Å². The molecule has 4 aliphatic carbocycles. The van der Waals surface area contributed by atoms with Crippen LogP contribution >= 0.6 is 0 Å². The van der Waals surface area contributed by atoms with Crippen LogP contribution < -0.4 is 5.32 Å². The Kier molecular flexibility index (Phi) is 2.56. The van der Waals surface area contributed by atoms with Gasteiger partial charge in [-0.3, -0.25) is 0 Å². The van der Waals surface area contributed by atoms with Gasteiger partial charge < -0.3 is 10.4 Å². The molecule has 0 aliphatic heterocycles. The molecular formula is C14H26NO+. The van der Waals surface area contributed by atoms with Crippen molar-refractivity contribution in [3.05, 3.63) is 0 Å². The van der Waals surface area contributed by atoms with E-state index in [0.717, 1.165) is 17.8 Å². The molecule has 0 unspecified atom stereocenters. The van der Waals surface area contributed by atoms with Crippen molar-refractivity contribution in [2.24, 2.45) is 23.2 Å². The molecule has 4 bridgehead atoms. The third-order valence-corrected chi connectivity index (χ3v) is 5.74. The largest absolute Gasteiger partial charge is 0.386 e. The number of aliphatic hydroxyl groups is 1. The Hall–Kier alpha value is -0.0800. The lowest BCUT2D eigenvalue weighted by Crippen LogP contribution is -2.89. The van der Waals surface area contributed by atoms with E-state index in [4.69, 9.17) is 0 Å². The average Bonchev–Trinajstić information content (AvgIpc) is 2.25. The molecule has 3 N–H and O–H groups in total. The minimum Gasteiger partial charge on any atom is -0.386 e. The summed E-state index contributed by atoms with van der Waals surface area (Å²) in [5.74, 6) is 2.85. The quantitative estimate of drug-likeness (QED) is 0.741. The molecule has 0 aromatic rings. The van der Waals surface area contributed by atoms with Gasteiger partial charge in [0.1, 0.15) is 12.1 Å². The predicted octanol–water partition coefficient (Wildman–Crippen LogP) is 1.15. The molecule has 0 aromatic heterocycles. The summed E-state index contributed by atoms with van der Waals surface area (Å²) < 4.78 is 0. The second-order valence-electron chi connectivity index (χ2n) is 6.92. The third-order valence-electron chi connectivity index (χ3n) is 5.74. The van der Waals surface area contributed by atoms with Crippen LogP contribution in [-0.4, -0.2) is 24.3 Å². The van der Waals surface area contributed by atoms with Crippen molar-refractivity contribution in [3.63, 3.8) is 0 Å². The molecule has 2 heteroatoms. The third kappa shape index (κ3) is 1.53. The van der Waals surface area contributed by atoms with Crippen molar-refractivity contribution in [2.75, 3.05) is 7.05 Å². The molecule has 0 spiro atoms. The van der Waals surface area contributed by atoms with E-state index < -0.39 is 0 Å². The Balaban J connectivity index is 1.82. The number of aliphatic hydroxyl groups excluding tert-OH is 1. The summed E-state index contributed by atoms with van der Waals surface area (Å²) in [6, 6.07) is 0.372. The zero-order chi connectivity index (χ0) is 11.3. The van der Waals surface area contributed by atoms with Crippen molar-refractivity contribution in [3.8, 4) is 0 Å². The highest BCUT2D eigenvalue weighted by Crippen LogP contribution is 2.61. The number of hydrogen-bond acceptors (Lipinski definition) is 1. The van der Waals surface area contributed by atoms with E-state index in [9.17, 15) is 5.11 Å². The molecule has 4 saturated carbocycles. The first-order valence-corrected chi connectivity index (χ1v) is 7.10. The molecule has 92 valence electrons. The fourth-order valence-corrected chi connectivity index (χ4v) is 5.28. The van der Waals surface area contributed by atoms with Gasteiger partial charge in [-0.15, -0.1) is 0 Å². The Labute approximate surface area is 98.8 Å². The van der Waals surface area contributed by atoms with Gasteiger partial charge in [0.2, 0.25) is 0 Å². The summed E-state index contributed by atoms with van der Waals surface area (Å²) in [7, 11) is 2.09. The lowest BCUT2D eigenvalue weighted by atomic mass is 9.47. The Morgan fingerprint density at radius 2 is 1.50 bits per heavy atom. The summed E-state index contributed by atoms with van der Waals surface area (Å²) >= 11 is 0. The van der Waals surface area contributed by atoms with Crippen LogP contribution in [0.3, 0.4) is 0 Å². The van der Waals surface area contributed by atoms with Crippen molar-refractivity contribution >= 4 is 0 Å². The van der Waals surface area contributed by atoms with E-state index in [1.54, 1.807) is 0 Å². The van der Waals surface area contributed by atoms with Gasteiger partial charge >= 0.3 is 0 Å². The number of nitrogens with two attached hydrogens (primary N) is 1. The molecule has 4 rings (SSSR count). The first kappa shape index (κ1) is 11.0. The number of hydrogen-bond donors (Lipinski definition) is 2. The fraction of sp³-hybridized carbons (Fsp3) is 1.00. The van der Waals surface area contributed by atoms with E-state index >= 15 is 0 Å². The lowest BCUT2D eigenvalue weighted by molar-refractivity contribution is -0.671. The van der Waals surface area contributed by atoms with Gasteiger partial charge in [-0.25, -0.2) is 0 Å². The minimum atomic E-state index is -0.0779. The molecular weight excluding hydrogens is 198 g/mol. The molecule has 0 aromatic carbocycles. The zero-order valence-electron chi connectivity index (χ0n) is 10.7. The summed E-state index contributed by atoms with van der Waals surface area (Å²) in [6.07, 6.45) is 8.28. The van der Waals surface area contributed by atoms with Gasteiger partial charge in [-0.05, 0) is 63.2 Å². The second-order valence-corrected chi connectivity index (χ2v) is 6.92. The highest BCUT2D eigenvalue weighted by atomic mass is 16.3. The molecule has 4 fully saturated rings. The van der Waals surface area contributed by atoms with Crippen LogP contribution in [0.5, 0.6) is 0 Å². The molecule has 2 atom stereocenters. The lowest BCUT2D eigenvalue weighted by Gasteiger charge is -2.58. The summed E-state index contributed by atoms with van der Waals surface area (Å²) in [5.41, 5.74) is 0.306. The number of quaternary nitrogens is 1. The van der Waals surface area contributed by atoms with E-state index in [0.29, 0.717) is 11.5 Å². The first-order valence-electron chi connectivity index (χ1n) is 7.10. The predicted molar refractivity (Wildman–Crippen MR) is 63.9 cm³/mol. The second kappa shape index (κ2) is 3.71. The summed E-state index contributed by atoms with van der Waals surface area (Å²) in [4.78, 5) is 0. The van der Waals surface area contributed by atoms with Gasteiger partial charge in [0, 0.05) is 5.41 Å². The molecule has 2 nitrogen and oxygen atoms in total. The first-order chi connectivity index (χ1) is 7.63. The SMILES string of the molecule is C[NH2+][C@@H](C)[C@@H](O)C12CC3CC(CC(C3)C1)C2. The maximum Gasteiger partial charge on any atom is 0.111 e. The van der Waals surface area contributed by atoms with Crippen LogP contribution in [0.2, 0.25) is 0 Å². The van der Waals surface area contributed by atoms with Crippen LogP contribution in [-0.2, 0) is 0 Å². The molecule has 16 heavy (non-hydrogen) atoms. The van der Waals surface area contributed by atoms with Crippen LogP contribution in [0.1, 0.15) is 45.4 Å². The highest BCUT2D eigenvalue weighted by Gasteiger charge is 2.55. The molecule has 0 heterocycles. The smallest absolute Gasteiger partial charge is 0.111 e. The summed E-state index contributed by atoms with van der Waals surface area (Å²) in [6.45, 7) is 2.18. The van der Waals surface area contributed by atoms with Crippen LogP contribution in [0.25, 0.3) is 0 Å². The van der Waals surface area contributed by atoms with Gasteiger partial charge in [-0.1, -0.05) is 0 Å². The average molecular weight is 224 g/mol. The maximum absolute atomic E-state index is 10.7. The molecule has 0 radical (unpaired) electrons. The number of likely N-dealkylation sites (N-methyl/N-ethyl adjacent to an activating group) is 1. The highest BCUT2D eigenvalue weighted by molar-refractivity contribution is 5.05. The Bertz CT molecular complexity index is 241. The molecule has 4 aliphatic rings. The fourth-order valence-electron chi connectivity index (χ4n) is 5.28. The zero-order valence-corrected chi connectivity index (χ0v) is 10.7. The van der Waals surface area contributed by atoms with Gasteiger partial charge in [0.05, 0.1) is 7.05 Å². The van der Waals surface area contributed by atoms with Crippen LogP contribution in [0, 0.1) is 23.2 Å². The van der Waals surface area contributed by atoms with E-state index in [-0.39, 0.29) is 6.10 Å². The van der Waals surface area contributed by atoms with Crippen LogP contribution in [0.15, 0.2) is 0 Å². The minimum absolute atomic E-state index is 0.0779. The van der Waals surface area contributed by atoms with Crippen molar-refractivity contribution in [2.45, 2.75) is 57.6 Å². The Morgan fingerprint density at radius 3 is 1.88 bits per heavy atom. The maximum atomic E-state index is 10.7. The topological polar surface area (TPSA) is 36.8 Å². The monoisotopic (exact) mass is 224 g/mol.